The SMILES string of the molecule is COCCCNC1(C)CC=C(C)CC1. The van der Waals surface area contributed by atoms with E-state index in [-0.39, 0.29) is 0 Å². The summed E-state index contributed by atoms with van der Waals surface area (Å²) in [6.07, 6.45) is 7.16. The highest BCUT2D eigenvalue weighted by atomic mass is 16.5. The molecule has 2 nitrogen and oxygen atoms in total. The molecule has 0 bridgehead atoms. The van der Waals surface area contributed by atoms with Crippen molar-refractivity contribution in [3.05, 3.63) is 11.6 Å². The van der Waals surface area contributed by atoms with Crippen LogP contribution in [0.25, 0.3) is 0 Å². The first-order valence-electron chi connectivity index (χ1n) is 5.56. The number of rotatable bonds is 5. The minimum absolute atomic E-state index is 0.327. The molecule has 0 aromatic carbocycles. The van der Waals surface area contributed by atoms with Crippen LogP contribution in [0.4, 0.5) is 0 Å². The van der Waals surface area contributed by atoms with Crippen molar-refractivity contribution >= 4 is 0 Å². The van der Waals surface area contributed by atoms with Gasteiger partial charge in [0.05, 0.1) is 0 Å². The maximum Gasteiger partial charge on any atom is 0.0474 e. The molecule has 0 amide bonds. The van der Waals surface area contributed by atoms with Crippen molar-refractivity contribution in [2.75, 3.05) is 20.3 Å². The first kappa shape index (κ1) is 11.7. The third kappa shape index (κ3) is 3.81. The third-order valence-electron chi connectivity index (χ3n) is 3.05. The normalized spacial score (nSPS) is 27.5. The molecule has 2 heteroatoms. The zero-order chi connectivity index (χ0) is 10.4. The molecule has 0 heterocycles. The third-order valence-corrected chi connectivity index (χ3v) is 3.05. The molecule has 1 N–H and O–H groups in total. The van der Waals surface area contributed by atoms with Gasteiger partial charge in [-0.2, -0.15) is 0 Å². The Kier molecular flexibility index (Phi) is 4.63. The molecule has 0 saturated carbocycles. The Morgan fingerprint density at radius 2 is 2.36 bits per heavy atom. The lowest BCUT2D eigenvalue weighted by Gasteiger charge is -2.33. The van der Waals surface area contributed by atoms with Crippen LogP contribution in [0.3, 0.4) is 0 Å². The van der Waals surface area contributed by atoms with Crippen molar-refractivity contribution in [3.8, 4) is 0 Å². The molecule has 1 unspecified atom stereocenters. The predicted molar refractivity (Wildman–Crippen MR) is 60.5 cm³/mol. The molecule has 0 aliphatic heterocycles. The maximum atomic E-state index is 5.03. The summed E-state index contributed by atoms with van der Waals surface area (Å²) in [6, 6.07) is 0. The molecule has 0 saturated heterocycles. The molecule has 1 aliphatic carbocycles. The van der Waals surface area contributed by atoms with E-state index in [1.807, 2.05) is 0 Å². The average molecular weight is 197 g/mol. The van der Waals surface area contributed by atoms with E-state index in [4.69, 9.17) is 4.74 Å². The van der Waals surface area contributed by atoms with Crippen LogP contribution in [0.5, 0.6) is 0 Å². The number of nitrogens with one attached hydrogen (secondary N) is 1. The molecular weight excluding hydrogens is 174 g/mol. The average Bonchev–Trinajstić information content (AvgIpc) is 2.18. The van der Waals surface area contributed by atoms with E-state index >= 15 is 0 Å². The van der Waals surface area contributed by atoms with Gasteiger partial charge in [0.15, 0.2) is 0 Å². The minimum Gasteiger partial charge on any atom is -0.385 e. The maximum absolute atomic E-state index is 5.03. The van der Waals surface area contributed by atoms with Gasteiger partial charge in [-0.15, -0.1) is 0 Å². The van der Waals surface area contributed by atoms with Gasteiger partial charge < -0.3 is 10.1 Å². The van der Waals surface area contributed by atoms with Gasteiger partial charge in [-0.25, -0.2) is 0 Å². The number of allylic oxidation sites excluding steroid dienone is 1. The highest BCUT2D eigenvalue weighted by Gasteiger charge is 2.24. The van der Waals surface area contributed by atoms with E-state index in [9.17, 15) is 0 Å². The summed E-state index contributed by atoms with van der Waals surface area (Å²) in [4.78, 5) is 0. The van der Waals surface area contributed by atoms with Gasteiger partial charge in [-0.3, -0.25) is 0 Å². The zero-order valence-electron chi connectivity index (χ0n) is 9.73. The molecule has 0 radical (unpaired) electrons. The smallest absolute Gasteiger partial charge is 0.0474 e. The molecule has 0 aromatic rings. The second-order valence-corrected chi connectivity index (χ2v) is 4.59. The number of ether oxygens (including phenoxy) is 1. The van der Waals surface area contributed by atoms with Gasteiger partial charge in [0, 0.05) is 19.3 Å². The molecule has 0 spiro atoms. The fraction of sp³-hybridized carbons (Fsp3) is 0.833. The number of hydrogen-bond donors (Lipinski definition) is 1. The predicted octanol–water partition coefficient (Wildman–Crippen LogP) is 2.50. The van der Waals surface area contributed by atoms with Gasteiger partial charge in [-0.05, 0) is 46.1 Å². The van der Waals surface area contributed by atoms with Crippen LogP contribution in [-0.2, 0) is 4.74 Å². The van der Waals surface area contributed by atoms with E-state index in [0.717, 1.165) is 19.6 Å². The standard InChI is InChI=1S/C12H23NO/c1-11-5-7-12(2,8-6-11)13-9-4-10-14-3/h5,13H,4,6-10H2,1-3H3. The van der Waals surface area contributed by atoms with Crippen LogP contribution in [0, 0.1) is 0 Å². The van der Waals surface area contributed by atoms with Crippen molar-refractivity contribution in [2.45, 2.75) is 45.1 Å². The minimum atomic E-state index is 0.327. The quantitative estimate of drug-likeness (QED) is 0.540. The number of methoxy groups -OCH3 is 1. The summed E-state index contributed by atoms with van der Waals surface area (Å²) >= 11 is 0. The van der Waals surface area contributed by atoms with E-state index in [0.29, 0.717) is 5.54 Å². The monoisotopic (exact) mass is 197 g/mol. The first-order valence-corrected chi connectivity index (χ1v) is 5.56. The molecule has 0 fully saturated rings. The van der Waals surface area contributed by atoms with Gasteiger partial charge >= 0.3 is 0 Å². The molecule has 0 aromatic heterocycles. The van der Waals surface area contributed by atoms with Crippen LogP contribution in [-0.4, -0.2) is 25.8 Å². The van der Waals surface area contributed by atoms with Crippen molar-refractivity contribution in [3.63, 3.8) is 0 Å². The van der Waals surface area contributed by atoms with Crippen LogP contribution in [0.1, 0.15) is 39.5 Å². The van der Waals surface area contributed by atoms with Crippen LogP contribution in [0.15, 0.2) is 11.6 Å². The molecule has 1 atom stereocenters. The summed E-state index contributed by atoms with van der Waals surface area (Å²) in [5, 5.41) is 3.63. The van der Waals surface area contributed by atoms with Crippen molar-refractivity contribution in [1.29, 1.82) is 0 Å². The van der Waals surface area contributed by atoms with Crippen molar-refractivity contribution < 1.29 is 4.74 Å². The Morgan fingerprint density at radius 3 is 2.93 bits per heavy atom. The lowest BCUT2D eigenvalue weighted by atomic mass is 9.84. The Hall–Kier alpha value is -0.340. The summed E-state index contributed by atoms with van der Waals surface area (Å²) < 4.78 is 5.03. The molecule has 82 valence electrons. The van der Waals surface area contributed by atoms with Crippen LogP contribution in [0.2, 0.25) is 0 Å². The van der Waals surface area contributed by atoms with Gasteiger partial charge in [0.2, 0.25) is 0 Å². The molecule has 1 rings (SSSR count). The first-order chi connectivity index (χ1) is 6.66. The Labute approximate surface area is 87.7 Å². The Balaban J connectivity index is 2.22. The Morgan fingerprint density at radius 1 is 1.57 bits per heavy atom. The van der Waals surface area contributed by atoms with Gasteiger partial charge in [0.1, 0.15) is 0 Å². The van der Waals surface area contributed by atoms with E-state index in [1.165, 1.54) is 19.3 Å². The Bertz CT molecular complexity index is 200. The van der Waals surface area contributed by atoms with E-state index in [1.54, 1.807) is 12.7 Å². The van der Waals surface area contributed by atoms with E-state index < -0.39 is 0 Å². The van der Waals surface area contributed by atoms with Gasteiger partial charge in [-0.1, -0.05) is 11.6 Å². The zero-order valence-corrected chi connectivity index (χ0v) is 9.73. The summed E-state index contributed by atoms with van der Waals surface area (Å²) in [5.74, 6) is 0. The van der Waals surface area contributed by atoms with Crippen molar-refractivity contribution in [2.24, 2.45) is 0 Å². The van der Waals surface area contributed by atoms with Gasteiger partial charge in [0.25, 0.3) is 0 Å². The van der Waals surface area contributed by atoms with Crippen LogP contribution < -0.4 is 5.32 Å². The molecular formula is C12H23NO. The summed E-state index contributed by atoms with van der Waals surface area (Å²) in [5.41, 5.74) is 1.87. The van der Waals surface area contributed by atoms with Crippen molar-refractivity contribution in [1.82, 2.24) is 5.32 Å². The second kappa shape index (κ2) is 5.52. The summed E-state index contributed by atoms with van der Waals surface area (Å²) in [7, 11) is 1.76. The second-order valence-electron chi connectivity index (χ2n) is 4.59. The molecule has 14 heavy (non-hydrogen) atoms. The highest BCUT2D eigenvalue weighted by Crippen LogP contribution is 2.26. The topological polar surface area (TPSA) is 21.3 Å². The van der Waals surface area contributed by atoms with E-state index in [2.05, 4.69) is 25.2 Å². The fourth-order valence-electron chi connectivity index (χ4n) is 1.84. The highest BCUT2D eigenvalue weighted by molar-refractivity contribution is 5.09. The lowest BCUT2D eigenvalue weighted by molar-refractivity contribution is 0.188. The largest absolute Gasteiger partial charge is 0.385 e. The van der Waals surface area contributed by atoms with Crippen LogP contribution >= 0.6 is 0 Å². The lowest BCUT2D eigenvalue weighted by Crippen LogP contribution is -2.43. The molecule has 1 aliphatic rings. The fourth-order valence-corrected chi connectivity index (χ4v) is 1.84. The summed E-state index contributed by atoms with van der Waals surface area (Å²) in [6.45, 7) is 6.47. The number of hydrogen-bond acceptors (Lipinski definition) is 2.